The highest BCUT2D eigenvalue weighted by atomic mass is 32.1. The van der Waals surface area contributed by atoms with Crippen molar-refractivity contribution in [1.29, 1.82) is 0 Å². The maximum atomic E-state index is 12.2. The number of esters is 1. The third-order valence-corrected chi connectivity index (χ3v) is 5.26. The lowest BCUT2D eigenvalue weighted by molar-refractivity contribution is 0.0527. The Morgan fingerprint density at radius 1 is 1.28 bits per heavy atom. The van der Waals surface area contributed by atoms with Gasteiger partial charge in [0.2, 0.25) is 0 Å². The summed E-state index contributed by atoms with van der Waals surface area (Å²) in [6, 6.07) is -0.295. The molecule has 7 heteroatoms. The van der Waals surface area contributed by atoms with E-state index in [2.05, 4.69) is 10.6 Å². The Kier molecular flexibility index (Phi) is 6.31. The maximum absolute atomic E-state index is 12.2. The van der Waals surface area contributed by atoms with Crippen LogP contribution in [-0.4, -0.2) is 38.4 Å². The van der Waals surface area contributed by atoms with E-state index in [-0.39, 0.29) is 12.0 Å². The number of carbonyl (C=O) groups excluding carboxylic acids is 2. The number of hydrogen-bond donors (Lipinski definition) is 2. The summed E-state index contributed by atoms with van der Waals surface area (Å²) in [5, 5.41) is 8.15. The van der Waals surface area contributed by atoms with Crippen molar-refractivity contribution < 1.29 is 19.1 Å². The van der Waals surface area contributed by atoms with E-state index in [1.54, 1.807) is 6.92 Å². The number of ether oxygens (including phenoxy) is 2. The van der Waals surface area contributed by atoms with Gasteiger partial charge in [-0.1, -0.05) is 0 Å². The SMILES string of the molecule is CCOC(=O)c1c(C2CC2)csc1NC(=O)NCCCOCC1CC1. The van der Waals surface area contributed by atoms with Gasteiger partial charge in [0.05, 0.1) is 12.2 Å². The minimum absolute atomic E-state index is 0.295. The molecular weight excluding hydrogens is 340 g/mol. The fourth-order valence-electron chi connectivity index (χ4n) is 2.63. The summed E-state index contributed by atoms with van der Waals surface area (Å²) in [7, 11) is 0. The van der Waals surface area contributed by atoms with Gasteiger partial charge in [0.15, 0.2) is 0 Å². The predicted molar refractivity (Wildman–Crippen MR) is 97.4 cm³/mol. The molecule has 25 heavy (non-hydrogen) atoms. The van der Waals surface area contributed by atoms with Crippen molar-refractivity contribution in [2.24, 2.45) is 5.92 Å². The molecule has 1 aromatic rings. The Balaban J connectivity index is 1.45. The Morgan fingerprint density at radius 3 is 2.76 bits per heavy atom. The highest BCUT2D eigenvalue weighted by Crippen LogP contribution is 2.46. The van der Waals surface area contributed by atoms with E-state index >= 15 is 0 Å². The van der Waals surface area contributed by atoms with E-state index in [1.165, 1.54) is 24.2 Å². The zero-order chi connectivity index (χ0) is 17.6. The summed E-state index contributed by atoms with van der Waals surface area (Å²) < 4.78 is 10.7. The lowest BCUT2D eigenvalue weighted by Gasteiger charge is -2.09. The van der Waals surface area contributed by atoms with Crippen molar-refractivity contribution in [2.75, 3.05) is 31.7 Å². The molecule has 0 saturated heterocycles. The number of anilines is 1. The van der Waals surface area contributed by atoms with E-state index < -0.39 is 0 Å². The molecule has 3 rings (SSSR count). The van der Waals surface area contributed by atoms with Crippen molar-refractivity contribution in [1.82, 2.24) is 5.32 Å². The lowest BCUT2D eigenvalue weighted by Crippen LogP contribution is -2.30. The quantitative estimate of drug-likeness (QED) is 0.488. The molecule has 2 fully saturated rings. The van der Waals surface area contributed by atoms with Gasteiger partial charge >= 0.3 is 12.0 Å². The first-order valence-electron chi connectivity index (χ1n) is 9.10. The fourth-order valence-corrected chi connectivity index (χ4v) is 3.66. The first kappa shape index (κ1) is 18.2. The van der Waals surface area contributed by atoms with Crippen molar-refractivity contribution in [2.45, 2.75) is 44.9 Å². The standard InChI is InChI=1S/C18H26N2O4S/c1-2-24-17(21)15-14(13-6-7-13)11-25-16(15)20-18(22)19-8-3-9-23-10-12-4-5-12/h11-13H,2-10H2,1H3,(H2,19,20,22). The van der Waals surface area contributed by atoms with E-state index in [4.69, 9.17) is 9.47 Å². The average molecular weight is 366 g/mol. The van der Waals surface area contributed by atoms with Crippen LogP contribution in [0.1, 0.15) is 60.9 Å². The number of nitrogens with one attached hydrogen (secondary N) is 2. The smallest absolute Gasteiger partial charge is 0.341 e. The Labute approximate surface area is 152 Å². The van der Waals surface area contributed by atoms with E-state index in [0.717, 1.165) is 37.4 Å². The third-order valence-electron chi connectivity index (χ3n) is 4.34. The number of hydrogen-bond acceptors (Lipinski definition) is 5. The molecule has 138 valence electrons. The van der Waals surface area contributed by atoms with Crippen LogP contribution in [-0.2, 0) is 9.47 Å². The van der Waals surface area contributed by atoms with Gasteiger partial charge in [-0.15, -0.1) is 11.3 Å². The number of thiophene rings is 1. The van der Waals surface area contributed by atoms with Crippen LogP contribution < -0.4 is 10.6 Å². The molecule has 1 aromatic heterocycles. The van der Waals surface area contributed by atoms with Crippen LogP contribution >= 0.6 is 11.3 Å². The summed E-state index contributed by atoms with van der Waals surface area (Å²) in [4.78, 5) is 24.3. The Hall–Kier alpha value is -1.60. The molecule has 0 aliphatic heterocycles. The van der Waals surface area contributed by atoms with Crippen LogP contribution in [0.2, 0.25) is 0 Å². The molecule has 2 N–H and O–H groups in total. The van der Waals surface area contributed by atoms with Gasteiger partial charge in [-0.2, -0.15) is 0 Å². The second-order valence-corrected chi connectivity index (χ2v) is 7.52. The van der Waals surface area contributed by atoms with Crippen molar-refractivity contribution in [3.63, 3.8) is 0 Å². The molecule has 0 unspecified atom stereocenters. The lowest BCUT2D eigenvalue weighted by atomic mass is 10.1. The van der Waals surface area contributed by atoms with E-state index in [0.29, 0.717) is 36.2 Å². The van der Waals surface area contributed by atoms with Gasteiger partial charge in [-0.05, 0) is 61.8 Å². The van der Waals surface area contributed by atoms with Crippen LogP contribution in [0.15, 0.2) is 5.38 Å². The number of urea groups is 1. The summed E-state index contributed by atoms with van der Waals surface area (Å²) >= 11 is 1.39. The molecule has 0 radical (unpaired) electrons. The largest absolute Gasteiger partial charge is 0.462 e. The van der Waals surface area contributed by atoms with Crippen LogP contribution in [0.25, 0.3) is 0 Å². The van der Waals surface area contributed by atoms with Crippen molar-refractivity contribution >= 4 is 28.3 Å². The summed E-state index contributed by atoms with van der Waals surface area (Å²) in [5.41, 5.74) is 1.53. The number of carbonyl (C=O) groups is 2. The molecule has 2 aliphatic rings. The first-order valence-corrected chi connectivity index (χ1v) is 9.98. The molecule has 1 heterocycles. The van der Waals surface area contributed by atoms with Gasteiger partial charge in [0, 0.05) is 19.8 Å². The van der Waals surface area contributed by atoms with Crippen LogP contribution in [0.5, 0.6) is 0 Å². The topological polar surface area (TPSA) is 76.7 Å². The molecule has 6 nitrogen and oxygen atoms in total. The maximum Gasteiger partial charge on any atom is 0.341 e. The van der Waals surface area contributed by atoms with E-state index in [1.807, 2.05) is 5.38 Å². The average Bonchev–Trinajstić information content (AvgIpc) is 3.50. The van der Waals surface area contributed by atoms with Gasteiger partial charge in [0.25, 0.3) is 0 Å². The van der Waals surface area contributed by atoms with Gasteiger partial charge in [-0.3, -0.25) is 5.32 Å². The first-order chi connectivity index (χ1) is 12.2. The zero-order valence-electron chi connectivity index (χ0n) is 14.6. The molecule has 2 amide bonds. The van der Waals surface area contributed by atoms with Crippen LogP contribution in [0.3, 0.4) is 0 Å². The Bertz CT molecular complexity index is 608. The van der Waals surface area contributed by atoms with Crippen LogP contribution in [0.4, 0.5) is 9.80 Å². The number of amides is 2. The van der Waals surface area contributed by atoms with Gasteiger partial charge < -0.3 is 14.8 Å². The monoisotopic (exact) mass is 366 g/mol. The van der Waals surface area contributed by atoms with Gasteiger partial charge in [0.1, 0.15) is 5.00 Å². The van der Waals surface area contributed by atoms with Crippen LogP contribution in [0, 0.1) is 5.92 Å². The minimum atomic E-state index is -0.352. The minimum Gasteiger partial charge on any atom is -0.462 e. The third kappa shape index (κ3) is 5.44. The molecule has 0 atom stereocenters. The normalized spacial score (nSPS) is 16.5. The van der Waals surface area contributed by atoms with Gasteiger partial charge in [-0.25, -0.2) is 9.59 Å². The van der Waals surface area contributed by atoms with Crippen molar-refractivity contribution in [3.8, 4) is 0 Å². The second kappa shape index (κ2) is 8.67. The fraction of sp³-hybridized carbons (Fsp3) is 0.667. The highest BCUT2D eigenvalue weighted by molar-refractivity contribution is 7.15. The summed E-state index contributed by atoms with van der Waals surface area (Å²) in [6.45, 7) is 4.16. The van der Waals surface area contributed by atoms with E-state index in [9.17, 15) is 9.59 Å². The predicted octanol–water partition coefficient (Wildman–Crippen LogP) is 3.74. The molecule has 0 aromatic carbocycles. The molecule has 0 bridgehead atoms. The second-order valence-electron chi connectivity index (χ2n) is 6.64. The molecule has 0 spiro atoms. The zero-order valence-corrected chi connectivity index (χ0v) is 15.5. The summed E-state index contributed by atoms with van der Waals surface area (Å²) in [5.74, 6) is 0.837. The Morgan fingerprint density at radius 2 is 2.08 bits per heavy atom. The molecule has 2 saturated carbocycles. The highest BCUT2D eigenvalue weighted by Gasteiger charge is 2.32. The van der Waals surface area contributed by atoms with Crippen molar-refractivity contribution in [3.05, 3.63) is 16.5 Å². The molecular formula is C18H26N2O4S. The summed E-state index contributed by atoms with van der Waals surface area (Å²) in [6.07, 6.45) is 5.54. The number of rotatable bonds is 10. The molecule has 2 aliphatic carbocycles.